The van der Waals surface area contributed by atoms with Crippen molar-refractivity contribution in [2.75, 3.05) is 32.8 Å². The number of furan rings is 1. The standard InChI is InChI=1S/C19H25N3O3/c1-2-17-18-4-3-5-21(18)6-7-22(17)19(23)15-12-16(25-14-15)13-20-8-10-24-11-9-20/h3-5,12,14,17H,2,6-11,13H2,1H3. The highest BCUT2D eigenvalue weighted by atomic mass is 16.5. The first-order chi connectivity index (χ1) is 12.3. The summed E-state index contributed by atoms with van der Waals surface area (Å²) in [5.41, 5.74) is 1.88. The van der Waals surface area contributed by atoms with Crippen LogP contribution in [0.3, 0.4) is 0 Å². The van der Waals surface area contributed by atoms with Gasteiger partial charge in [0, 0.05) is 38.1 Å². The second-order valence-corrected chi connectivity index (χ2v) is 6.74. The zero-order valence-corrected chi connectivity index (χ0v) is 14.7. The molecule has 2 aromatic rings. The average Bonchev–Trinajstić information content (AvgIpc) is 3.30. The van der Waals surface area contributed by atoms with Gasteiger partial charge in [0.15, 0.2) is 0 Å². The summed E-state index contributed by atoms with van der Waals surface area (Å²) in [6, 6.07) is 6.21. The molecule has 0 spiro atoms. The Labute approximate surface area is 147 Å². The van der Waals surface area contributed by atoms with Crippen LogP contribution in [0.4, 0.5) is 0 Å². The third kappa shape index (κ3) is 3.24. The lowest BCUT2D eigenvalue weighted by atomic mass is 10.1. The molecule has 0 aliphatic carbocycles. The minimum absolute atomic E-state index is 0.0660. The lowest BCUT2D eigenvalue weighted by molar-refractivity contribution is 0.0313. The van der Waals surface area contributed by atoms with Gasteiger partial charge in [0.05, 0.1) is 31.4 Å². The topological polar surface area (TPSA) is 50.9 Å². The van der Waals surface area contributed by atoms with Gasteiger partial charge in [-0.3, -0.25) is 9.69 Å². The molecule has 134 valence electrons. The number of rotatable bonds is 4. The molecular formula is C19H25N3O3. The maximum absolute atomic E-state index is 13.0. The zero-order valence-electron chi connectivity index (χ0n) is 14.7. The predicted octanol–water partition coefficient (Wildman–Crippen LogP) is 2.52. The molecule has 0 saturated carbocycles. The van der Waals surface area contributed by atoms with E-state index in [1.54, 1.807) is 6.26 Å². The molecule has 1 unspecified atom stereocenters. The van der Waals surface area contributed by atoms with E-state index in [4.69, 9.17) is 9.15 Å². The maximum atomic E-state index is 13.0. The summed E-state index contributed by atoms with van der Waals surface area (Å²) in [4.78, 5) is 17.3. The molecule has 2 aromatic heterocycles. The second-order valence-electron chi connectivity index (χ2n) is 6.74. The molecule has 2 aliphatic rings. The summed E-state index contributed by atoms with van der Waals surface area (Å²) in [7, 11) is 0. The molecule has 0 aromatic carbocycles. The van der Waals surface area contributed by atoms with Crippen molar-refractivity contribution >= 4 is 5.91 Å². The van der Waals surface area contributed by atoms with Crippen LogP contribution in [-0.4, -0.2) is 53.1 Å². The van der Waals surface area contributed by atoms with Crippen LogP contribution in [0, 0.1) is 0 Å². The van der Waals surface area contributed by atoms with E-state index in [0.29, 0.717) is 5.56 Å². The first-order valence-electron chi connectivity index (χ1n) is 9.10. The van der Waals surface area contributed by atoms with Gasteiger partial charge in [-0.2, -0.15) is 0 Å². The van der Waals surface area contributed by atoms with Gasteiger partial charge in [-0.15, -0.1) is 0 Å². The van der Waals surface area contributed by atoms with Gasteiger partial charge < -0.3 is 18.6 Å². The second kappa shape index (κ2) is 7.06. The van der Waals surface area contributed by atoms with Crippen molar-refractivity contribution in [3.8, 4) is 0 Å². The van der Waals surface area contributed by atoms with Gasteiger partial charge in [0.25, 0.3) is 5.91 Å². The number of fused-ring (bicyclic) bond motifs is 1. The summed E-state index contributed by atoms with van der Waals surface area (Å²) < 4.78 is 13.3. The van der Waals surface area contributed by atoms with E-state index in [1.165, 1.54) is 5.69 Å². The number of nitrogens with zero attached hydrogens (tertiary/aromatic N) is 3. The van der Waals surface area contributed by atoms with Crippen LogP contribution in [0.15, 0.2) is 35.1 Å². The molecule has 4 rings (SSSR count). The molecule has 1 atom stereocenters. The van der Waals surface area contributed by atoms with Gasteiger partial charge in [-0.25, -0.2) is 0 Å². The summed E-state index contributed by atoms with van der Waals surface area (Å²) in [6.45, 7) is 7.79. The average molecular weight is 343 g/mol. The highest BCUT2D eigenvalue weighted by Crippen LogP contribution is 2.30. The van der Waals surface area contributed by atoms with Crippen molar-refractivity contribution in [2.45, 2.75) is 32.5 Å². The molecule has 2 aliphatic heterocycles. The Hall–Kier alpha value is -2.05. The Morgan fingerprint density at radius 2 is 2.08 bits per heavy atom. The molecular weight excluding hydrogens is 318 g/mol. The molecule has 6 nitrogen and oxygen atoms in total. The van der Waals surface area contributed by atoms with Crippen LogP contribution < -0.4 is 0 Å². The smallest absolute Gasteiger partial charge is 0.257 e. The normalized spacial score (nSPS) is 21.3. The van der Waals surface area contributed by atoms with E-state index in [9.17, 15) is 4.79 Å². The van der Waals surface area contributed by atoms with Crippen molar-refractivity contribution in [2.24, 2.45) is 0 Å². The fourth-order valence-electron chi connectivity index (χ4n) is 3.86. The molecule has 4 heterocycles. The summed E-state index contributed by atoms with van der Waals surface area (Å²) >= 11 is 0. The van der Waals surface area contributed by atoms with Crippen LogP contribution in [0.2, 0.25) is 0 Å². The third-order valence-electron chi connectivity index (χ3n) is 5.20. The molecule has 1 fully saturated rings. The Kier molecular flexibility index (Phi) is 4.63. The molecule has 1 saturated heterocycles. The Morgan fingerprint density at radius 3 is 2.88 bits per heavy atom. The third-order valence-corrected chi connectivity index (χ3v) is 5.20. The summed E-state index contributed by atoms with van der Waals surface area (Å²) in [5, 5.41) is 0. The Morgan fingerprint density at radius 1 is 1.24 bits per heavy atom. The van der Waals surface area contributed by atoms with Crippen molar-refractivity contribution < 1.29 is 13.9 Å². The Bertz CT molecular complexity index is 730. The number of carbonyl (C=O) groups is 1. The zero-order chi connectivity index (χ0) is 17.2. The van der Waals surface area contributed by atoms with Crippen LogP contribution in [-0.2, 0) is 17.8 Å². The van der Waals surface area contributed by atoms with E-state index < -0.39 is 0 Å². The van der Waals surface area contributed by atoms with Gasteiger partial charge in [0.2, 0.25) is 0 Å². The fraction of sp³-hybridized carbons (Fsp3) is 0.526. The number of amides is 1. The van der Waals surface area contributed by atoms with Crippen LogP contribution in [0.1, 0.15) is 41.2 Å². The van der Waals surface area contributed by atoms with Crippen molar-refractivity contribution in [1.82, 2.24) is 14.4 Å². The van der Waals surface area contributed by atoms with E-state index in [1.807, 2.05) is 11.0 Å². The monoisotopic (exact) mass is 343 g/mol. The van der Waals surface area contributed by atoms with Crippen molar-refractivity contribution in [1.29, 1.82) is 0 Å². The van der Waals surface area contributed by atoms with Crippen molar-refractivity contribution in [3.63, 3.8) is 0 Å². The molecule has 25 heavy (non-hydrogen) atoms. The number of hydrogen-bond donors (Lipinski definition) is 0. The summed E-state index contributed by atoms with van der Waals surface area (Å²) in [5.74, 6) is 0.912. The molecule has 0 bridgehead atoms. The first kappa shape index (κ1) is 16.4. The lowest BCUT2D eigenvalue weighted by Gasteiger charge is -2.36. The summed E-state index contributed by atoms with van der Waals surface area (Å²) in [6.07, 6.45) is 4.62. The van der Waals surface area contributed by atoms with Gasteiger partial charge in [0.1, 0.15) is 12.0 Å². The number of ether oxygens (including phenoxy) is 1. The van der Waals surface area contributed by atoms with Crippen LogP contribution in [0.25, 0.3) is 0 Å². The van der Waals surface area contributed by atoms with E-state index in [2.05, 4.69) is 34.7 Å². The maximum Gasteiger partial charge on any atom is 0.257 e. The number of hydrogen-bond acceptors (Lipinski definition) is 4. The van der Waals surface area contributed by atoms with Crippen LogP contribution >= 0.6 is 0 Å². The Balaban J connectivity index is 1.47. The minimum Gasteiger partial charge on any atom is -0.467 e. The first-order valence-corrected chi connectivity index (χ1v) is 9.10. The van der Waals surface area contributed by atoms with Gasteiger partial charge in [-0.05, 0) is 24.6 Å². The van der Waals surface area contributed by atoms with Gasteiger partial charge in [-0.1, -0.05) is 6.92 Å². The minimum atomic E-state index is 0.0660. The highest BCUT2D eigenvalue weighted by Gasteiger charge is 2.31. The number of aromatic nitrogens is 1. The van der Waals surface area contributed by atoms with Crippen LogP contribution in [0.5, 0.6) is 0 Å². The SMILES string of the molecule is CCC1c2cccn2CCN1C(=O)c1coc(CN2CCOCC2)c1. The van der Waals surface area contributed by atoms with Gasteiger partial charge >= 0.3 is 0 Å². The fourth-order valence-corrected chi connectivity index (χ4v) is 3.86. The van der Waals surface area contributed by atoms with E-state index >= 15 is 0 Å². The largest absolute Gasteiger partial charge is 0.467 e. The van der Waals surface area contributed by atoms with E-state index in [0.717, 1.165) is 58.1 Å². The van der Waals surface area contributed by atoms with Crippen molar-refractivity contribution in [3.05, 3.63) is 47.7 Å². The van der Waals surface area contributed by atoms with E-state index in [-0.39, 0.29) is 11.9 Å². The number of morpholine rings is 1. The molecule has 0 N–H and O–H groups in total. The quantitative estimate of drug-likeness (QED) is 0.856. The lowest BCUT2D eigenvalue weighted by Crippen LogP contribution is -2.41. The molecule has 1 amide bonds. The predicted molar refractivity (Wildman–Crippen MR) is 93.3 cm³/mol. The molecule has 6 heteroatoms. The molecule has 0 radical (unpaired) electrons. The number of carbonyl (C=O) groups excluding carboxylic acids is 1. The highest BCUT2D eigenvalue weighted by molar-refractivity contribution is 5.94.